The molecule has 33 heavy (non-hydrogen) atoms. The highest BCUT2D eigenvalue weighted by Crippen LogP contribution is 2.55. The summed E-state index contributed by atoms with van der Waals surface area (Å²) in [7, 11) is 0. The Morgan fingerprint density at radius 1 is 1.00 bits per heavy atom. The van der Waals surface area contributed by atoms with Gasteiger partial charge in [-0.05, 0) is 31.2 Å². The molecule has 10 heteroatoms. The van der Waals surface area contributed by atoms with Gasteiger partial charge in [-0.25, -0.2) is 4.90 Å². The molecule has 0 aliphatic carbocycles. The van der Waals surface area contributed by atoms with Crippen LogP contribution in [0.1, 0.15) is 22.8 Å². The predicted octanol–water partition coefficient (Wildman–Crippen LogP) is 2.10. The van der Waals surface area contributed by atoms with Crippen molar-refractivity contribution in [3.63, 3.8) is 0 Å². The number of nitro benzene ring substituents is 1. The Bertz CT molecular complexity index is 1270. The zero-order valence-corrected chi connectivity index (χ0v) is 17.3. The number of hydrogen-bond acceptors (Lipinski definition) is 8. The smallest absolute Gasteiger partial charge is 0.270 e. The van der Waals surface area contributed by atoms with E-state index < -0.39 is 41.0 Å². The Labute approximate surface area is 186 Å². The quantitative estimate of drug-likeness (QED) is 0.304. The maximum atomic E-state index is 13.4. The minimum Gasteiger partial charge on any atom is -0.389 e. The van der Waals surface area contributed by atoms with Crippen LogP contribution in [0.2, 0.25) is 0 Å². The number of amides is 2. The number of carbonyl (C=O) groups is 3. The molecule has 2 bridgehead atoms. The first-order chi connectivity index (χ1) is 15.9. The topological polar surface area (TPSA) is 128 Å². The average Bonchev–Trinajstić information content (AvgIpc) is 3.54. The van der Waals surface area contributed by atoms with E-state index in [1.807, 2.05) is 0 Å². The van der Waals surface area contributed by atoms with Crippen LogP contribution in [0.25, 0.3) is 0 Å². The maximum absolute atomic E-state index is 13.4. The lowest BCUT2D eigenvalue weighted by atomic mass is 9.71. The highest BCUT2D eigenvalue weighted by Gasteiger charge is 2.72. The first kappa shape index (κ1) is 19.7. The fraction of sp³-hybridized carbons (Fsp3) is 0.304. The van der Waals surface area contributed by atoms with Crippen molar-refractivity contribution in [2.24, 2.45) is 22.9 Å². The number of fused-ring (bicyclic) bond motifs is 8. The van der Waals surface area contributed by atoms with E-state index >= 15 is 0 Å². The number of anilines is 1. The summed E-state index contributed by atoms with van der Waals surface area (Å²) in [5, 5.41) is 15.3. The summed E-state index contributed by atoms with van der Waals surface area (Å²) in [4.78, 5) is 55.7. The van der Waals surface area contributed by atoms with E-state index in [2.05, 4.69) is 5.16 Å². The van der Waals surface area contributed by atoms with Crippen LogP contribution in [0.5, 0.6) is 0 Å². The summed E-state index contributed by atoms with van der Waals surface area (Å²) in [5.41, 5.74) is 1.83. The van der Waals surface area contributed by atoms with E-state index in [1.165, 1.54) is 19.1 Å². The van der Waals surface area contributed by atoms with Gasteiger partial charge in [0.1, 0.15) is 6.10 Å². The second-order valence-electron chi connectivity index (χ2n) is 8.61. The van der Waals surface area contributed by atoms with Crippen LogP contribution in [0.4, 0.5) is 11.4 Å². The number of nitrogens with zero attached hydrogens (tertiary/aromatic N) is 3. The van der Waals surface area contributed by atoms with E-state index in [9.17, 15) is 24.5 Å². The first-order valence-electron chi connectivity index (χ1n) is 10.5. The second-order valence-corrected chi connectivity index (χ2v) is 8.61. The number of hydrogen-bond donors (Lipinski definition) is 0. The third-order valence-corrected chi connectivity index (χ3v) is 6.93. The number of carbonyl (C=O) groups excluding carboxylic acids is 3. The molecule has 4 aliphatic heterocycles. The van der Waals surface area contributed by atoms with Gasteiger partial charge in [-0.15, -0.1) is 0 Å². The monoisotopic (exact) mass is 447 g/mol. The second kappa shape index (κ2) is 6.79. The van der Waals surface area contributed by atoms with Crippen molar-refractivity contribution < 1.29 is 28.9 Å². The fourth-order valence-corrected chi connectivity index (χ4v) is 5.47. The molecule has 0 aromatic heterocycles. The summed E-state index contributed by atoms with van der Waals surface area (Å²) in [6.45, 7) is 1.44. The largest absolute Gasteiger partial charge is 0.389 e. The van der Waals surface area contributed by atoms with Crippen molar-refractivity contribution in [2.45, 2.75) is 25.2 Å². The summed E-state index contributed by atoms with van der Waals surface area (Å²) in [6.07, 6.45) is -1.80. The first-order valence-corrected chi connectivity index (χ1v) is 10.5. The molecule has 2 aromatic rings. The Kier molecular flexibility index (Phi) is 4.06. The van der Waals surface area contributed by atoms with Crippen LogP contribution in [0.3, 0.4) is 0 Å². The number of oxime groups is 1. The summed E-state index contributed by atoms with van der Waals surface area (Å²) < 4.78 is 6.06. The molecule has 2 amide bonds. The van der Waals surface area contributed by atoms with Gasteiger partial charge in [0.05, 0.1) is 40.2 Å². The third-order valence-electron chi connectivity index (χ3n) is 6.93. The molecule has 3 fully saturated rings. The van der Waals surface area contributed by atoms with Crippen molar-refractivity contribution in [3.05, 3.63) is 69.8 Å². The number of benzene rings is 2. The van der Waals surface area contributed by atoms with Crippen molar-refractivity contribution in [1.29, 1.82) is 0 Å². The van der Waals surface area contributed by atoms with Crippen molar-refractivity contribution in [1.82, 2.24) is 0 Å². The number of Topliss-reactive ketones (excluding diaryl/α,β-unsaturated/α-hetero) is 1. The van der Waals surface area contributed by atoms with Gasteiger partial charge < -0.3 is 9.57 Å². The van der Waals surface area contributed by atoms with Gasteiger partial charge in [-0.2, -0.15) is 0 Å². The predicted molar refractivity (Wildman–Crippen MR) is 113 cm³/mol. The third kappa shape index (κ3) is 2.64. The Morgan fingerprint density at radius 3 is 2.36 bits per heavy atom. The normalized spacial score (nSPS) is 31.3. The Balaban J connectivity index is 1.32. The van der Waals surface area contributed by atoms with E-state index in [0.29, 0.717) is 22.5 Å². The fourth-order valence-electron chi connectivity index (χ4n) is 5.47. The standard InChI is InChI=1S/C23H17N3O7/c1-10(27)11-5-7-13(8-6-11)25-22(28)15-16(23(25)29)20-21-17(19(15)32-20)18(24-33-21)12-3-2-4-14(9-12)26(30)31/h2-9,15-17,19-21H,1H3/t15-,16-,17-,19-,20-,21+/m1/s1. The summed E-state index contributed by atoms with van der Waals surface area (Å²) in [6, 6.07) is 12.4. The zero-order valence-electron chi connectivity index (χ0n) is 17.3. The molecular formula is C23H17N3O7. The molecule has 0 radical (unpaired) electrons. The van der Waals surface area contributed by atoms with Crippen molar-refractivity contribution in [3.8, 4) is 0 Å². The van der Waals surface area contributed by atoms with Gasteiger partial charge in [0.2, 0.25) is 11.8 Å². The number of rotatable bonds is 4. The minimum absolute atomic E-state index is 0.0760. The number of imide groups is 1. The molecule has 6 rings (SSSR count). The van der Waals surface area contributed by atoms with Crippen LogP contribution < -0.4 is 4.90 Å². The molecule has 166 valence electrons. The van der Waals surface area contributed by atoms with Gasteiger partial charge in [0.15, 0.2) is 11.9 Å². The van der Waals surface area contributed by atoms with E-state index in [4.69, 9.17) is 9.57 Å². The summed E-state index contributed by atoms with van der Waals surface area (Å²) in [5.74, 6) is -2.62. The van der Waals surface area contributed by atoms with Crippen LogP contribution in [-0.4, -0.2) is 46.5 Å². The SMILES string of the molecule is CC(=O)c1ccc(N2C(=O)[C@H]3[C@H]4O[C@@H]([C@H]5C(c6cccc([N+](=O)[O-])c6)=NO[C@H]45)[C@@H]3C2=O)cc1. The number of non-ortho nitro benzene ring substituents is 1. The molecule has 6 atom stereocenters. The lowest BCUT2D eigenvalue weighted by Gasteiger charge is -2.26. The van der Waals surface area contributed by atoms with Crippen LogP contribution in [-0.2, 0) is 19.2 Å². The zero-order chi connectivity index (χ0) is 23.0. The molecule has 3 saturated heterocycles. The van der Waals surface area contributed by atoms with Gasteiger partial charge in [-0.1, -0.05) is 17.3 Å². The van der Waals surface area contributed by atoms with Gasteiger partial charge in [0.25, 0.3) is 5.69 Å². The average molecular weight is 447 g/mol. The van der Waals surface area contributed by atoms with Crippen molar-refractivity contribution in [2.75, 3.05) is 4.90 Å². The molecular weight excluding hydrogens is 430 g/mol. The number of ketones is 1. The van der Waals surface area contributed by atoms with E-state index in [0.717, 1.165) is 4.90 Å². The summed E-state index contributed by atoms with van der Waals surface area (Å²) >= 11 is 0. The highest BCUT2D eigenvalue weighted by molar-refractivity contribution is 6.23. The maximum Gasteiger partial charge on any atom is 0.270 e. The molecule has 0 N–H and O–H groups in total. The van der Waals surface area contributed by atoms with Crippen molar-refractivity contribution >= 4 is 34.7 Å². The minimum atomic E-state index is -0.693. The molecule has 10 nitrogen and oxygen atoms in total. The van der Waals surface area contributed by atoms with Crippen LogP contribution >= 0.6 is 0 Å². The van der Waals surface area contributed by atoms with E-state index in [1.54, 1.807) is 36.4 Å². The van der Waals surface area contributed by atoms with E-state index in [-0.39, 0.29) is 23.3 Å². The molecule has 0 saturated carbocycles. The molecule has 2 aromatic carbocycles. The lowest BCUT2D eigenvalue weighted by molar-refractivity contribution is -0.384. The molecule has 4 heterocycles. The van der Waals surface area contributed by atoms with Gasteiger partial charge >= 0.3 is 0 Å². The van der Waals surface area contributed by atoms with Crippen LogP contribution in [0.15, 0.2) is 53.7 Å². The van der Waals surface area contributed by atoms with Gasteiger partial charge in [-0.3, -0.25) is 24.5 Å². The number of ether oxygens (including phenoxy) is 1. The lowest BCUT2D eigenvalue weighted by Crippen LogP contribution is -2.45. The van der Waals surface area contributed by atoms with Gasteiger partial charge in [0, 0.05) is 23.3 Å². The molecule has 0 unspecified atom stereocenters. The van der Waals surface area contributed by atoms with Crippen LogP contribution in [0, 0.1) is 27.9 Å². The molecule has 0 spiro atoms. The highest BCUT2D eigenvalue weighted by atomic mass is 16.7. The Morgan fingerprint density at radius 2 is 1.70 bits per heavy atom. The Hall–Kier alpha value is -3.92. The molecule has 4 aliphatic rings. The number of nitro groups is 1.